The first kappa shape index (κ1) is 39.4. The Kier molecular flexibility index (Phi) is 11.8. The van der Waals surface area contributed by atoms with Gasteiger partial charge in [0.05, 0.1) is 35.3 Å². The number of hydrogen-bond donors (Lipinski definition) is 2. The number of fused-ring (bicyclic) bond motifs is 2. The number of hydrogen-bond acceptors (Lipinski definition) is 9. The second-order valence-corrected chi connectivity index (χ2v) is 16.2. The van der Waals surface area contributed by atoms with Gasteiger partial charge in [0.2, 0.25) is 0 Å². The van der Waals surface area contributed by atoms with Crippen molar-refractivity contribution >= 4 is 29.5 Å². The number of halogens is 1. The molecule has 4 unspecified atom stereocenters. The van der Waals surface area contributed by atoms with E-state index in [1.54, 1.807) is 31.2 Å². The molecule has 53 heavy (non-hydrogen) atoms. The van der Waals surface area contributed by atoms with E-state index in [9.17, 15) is 24.6 Å². The quantitative estimate of drug-likeness (QED) is 0.179. The number of carbonyl (C=O) groups is 3. The number of carboxylic acids is 1. The molecule has 11 heteroatoms. The molecular weight excluding hydrogens is 700 g/mol. The number of aliphatic hydroxyl groups is 1. The van der Waals surface area contributed by atoms with E-state index in [0.29, 0.717) is 48.7 Å². The first-order valence-electron chi connectivity index (χ1n) is 19.0. The molecule has 0 radical (unpaired) electrons. The second kappa shape index (κ2) is 15.8. The first-order valence-corrected chi connectivity index (χ1v) is 19.4. The summed E-state index contributed by atoms with van der Waals surface area (Å²) >= 11 is 6.97. The minimum atomic E-state index is -1.95. The number of benzene rings is 1. The fraction of sp³-hybridized carbons (Fsp3) is 0.595. The van der Waals surface area contributed by atoms with Crippen LogP contribution in [0.15, 0.2) is 71.4 Å². The van der Waals surface area contributed by atoms with Gasteiger partial charge in [0.15, 0.2) is 11.9 Å². The number of allylic oxidation sites excluding steroid dienone is 4. The Morgan fingerprint density at radius 3 is 2.55 bits per heavy atom. The Hall–Kier alpha value is -3.28. The number of esters is 2. The molecule has 1 aromatic carbocycles. The smallest absolute Gasteiger partial charge is 0.339 e. The van der Waals surface area contributed by atoms with E-state index in [0.717, 1.165) is 18.4 Å². The van der Waals surface area contributed by atoms with Crippen LogP contribution in [-0.2, 0) is 28.5 Å². The van der Waals surface area contributed by atoms with E-state index >= 15 is 0 Å². The molecule has 12 atom stereocenters. The van der Waals surface area contributed by atoms with Crippen molar-refractivity contribution in [2.45, 2.75) is 127 Å². The van der Waals surface area contributed by atoms with E-state index in [-0.39, 0.29) is 41.2 Å². The number of rotatable bonds is 5. The topological polar surface area (TPSA) is 138 Å². The Morgan fingerprint density at radius 1 is 1.09 bits per heavy atom. The van der Waals surface area contributed by atoms with Crippen molar-refractivity contribution in [3.8, 4) is 0 Å². The maximum absolute atomic E-state index is 14.5. The average molecular weight is 753 g/mol. The van der Waals surface area contributed by atoms with Gasteiger partial charge in [0.1, 0.15) is 23.7 Å². The largest absolute Gasteiger partial charge is 0.478 e. The third kappa shape index (κ3) is 7.81. The van der Waals surface area contributed by atoms with Gasteiger partial charge in [-0.15, -0.1) is 11.6 Å². The zero-order valence-corrected chi connectivity index (χ0v) is 32.2. The molecule has 2 N–H and O–H groups in total. The number of ether oxygens (including phenoxy) is 5. The highest BCUT2D eigenvalue weighted by Gasteiger charge is 2.61. The minimum Gasteiger partial charge on any atom is -0.478 e. The average Bonchev–Trinajstić information content (AvgIpc) is 3.47. The fourth-order valence-corrected chi connectivity index (χ4v) is 8.87. The van der Waals surface area contributed by atoms with Crippen LogP contribution < -0.4 is 0 Å². The minimum absolute atomic E-state index is 0.00492. The Morgan fingerprint density at radius 2 is 1.83 bits per heavy atom. The molecule has 0 saturated carbocycles. The van der Waals surface area contributed by atoms with Crippen LogP contribution >= 0.6 is 11.6 Å². The lowest BCUT2D eigenvalue weighted by Gasteiger charge is -2.51. The van der Waals surface area contributed by atoms with Crippen molar-refractivity contribution in [1.82, 2.24) is 0 Å². The van der Waals surface area contributed by atoms with Gasteiger partial charge in [-0.05, 0) is 67.7 Å². The Balaban J connectivity index is 1.38. The van der Waals surface area contributed by atoms with E-state index in [4.69, 9.17) is 35.3 Å². The van der Waals surface area contributed by atoms with Crippen LogP contribution in [0.1, 0.15) is 101 Å². The predicted molar refractivity (Wildman–Crippen MR) is 198 cm³/mol. The SMILES string of the molecule is CC[C@H](C)C1O[C@]2(CC[C@@H]1C)CC1CC(C/C=C(\C)[C@H](Cl)[C@@H](C)/C=C/C=C3\CO[C@@H]4[C@H](OC(=O)c5ccccc5C(=O)O)C(C)=CC(C(=O)O1)[C@]34O)O2. The summed E-state index contributed by atoms with van der Waals surface area (Å²) in [6, 6.07) is 5.76. The van der Waals surface area contributed by atoms with Gasteiger partial charge in [-0.1, -0.05) is 82.2 Å². The molecule has 1 aliphatic carbocycles. The highest BCUT2D eigenvalue weighted by molar-refractivity contribution is 6.22. The maximum Gasteiger partial charge on any atom is 0.339 e. The highest BCUT2D eigenvalue weighted by atomic mass is 35.5. The second-order valence-electron chi connectivity index (χ2n) is 15.8. The number of aromatic carboxylic acids is 1. The van der Waals surface area contributed by atoms with Crippen LogP contribution in [0.5, 0.6) is 0 Å². The lowest BCUT2D eigenvalue weighted by Crippen LogP contribution is -2.59. The molecule has 3 fully saturated rings. The lowest BCUT2D eigenvalue weighted by molar-refractivity contribution is -0.340. The third-order valence-electron chi connectivity index (χ3n) is 12.0. The zero-order valence-electron chi connectivity index (χ0n) is 31.5. The van der Waals surface area contributed by atoms with E-state index in [2.05, 4.69) is 26.8 Å². The van der Waals surface area contributed by atoms with Gasteiger partial charge in [-0.2, -0.15) is 0 Å². The summed E-state index contributed by atoms with van der Waals surface area (Å²) in [7, 11) is 0. The van der Waals surface area contributed by atoms with Crippen LogP contribution in [-0.4, -0.2) is 82.0 Å². The van der Waals surface area contributed by atoms with E-state index in [1.807, 2.05) is 19.9 Å². The monoisotopic (exact) mass is 752 g/mol. The fourth-order valence-electron chi connectivity index (χ4n) is 8.70. The number of alkyl halides is 1. The molecule has 2 bridgehead atoms. The van der Waals surface area contributed by atoms with Gasteiger partial charge in [-0.3, -0.25) is 4.79 Å². The summed E-state index contributed by atoms with van der Waals surface area (Å²) in [4.78, 5) is 39.8. The standard InChI is InChI=1S/C42H53ClO10/c1-7-23(2)35-26(5)17-18-41(53-35)21-30-20-29(52-41)16-15-25(4)34(43)24(3)11-10-12-28-22-49-37-36(27(6)19-33(40(47)50-30)42(28,37)48)51-39(46)32-14-9-8-13-31(32)38(44)45/h8-15,19,23-24,26,29-30,33-37,48H,7,16-18,20-22H2,1-6H3,(H,44,45)/b11-10+,25-15+,28-12+/t23-,24-,26-,29?,30?,33?,34+,35?,36+,37+,41+,42+/m0/s1. The van der Waals surface area contributed by atoms with Crippen LogP contribution in [0, 0.1) is 23.7 Å². The summed E-state index contributed by atoms with van der Waals surface area (Å²) in [5.41, 5.74) is -0.417. The van der Waals surface area contributed by atoms with Crippen molar-refractivity contribution in [3.63, 3.8) is 0 Å². The van der Waals surface area contributed by atoms with Gasteiger partial charge in [0.25, 0.3) is 0 Å². The predicted octanol–water partition coefficient (Wildman–Crippen LogP) is 7.34. The first-order chi connectivity index (χ1) is 25.2. The van der Waals surface area contributed by atoms with Gasteiger partial charge in [0, 0.05) is 19.3 Å². The van der Waals surface area contributed by atoms with Gasteiger partial charge >= 0.3 is 17.9 Å². The molecule has 6 rings (SSSR count). The molecule has 0 amide bonds. The molecule has 1 spiro atoms. The maximum atomic E-state index is 14.5. The Labute approximate surface area is 317 Å². The summed E-state index contributed by atoms with van der Waals surface area (Å²) < 4.78 is 32.2. The van der Waals surface area contributed by atoms with E-state index < -0.39 is 53.5 Å². The summed E-state index contributed by atoms with van der Waals surface area (Å²) in [5.74, 6) is -4.32. The van der Waals surface area contributed by atoms with Crippen LogP contribution in [0.4, 0.5) is 0 Å². The van der Waals surface area contributed by atoms with Crippen molar-refractivity contribution < 1.29 is 48.3 Å². The van der Waals surface area contributed by atoms with Crippen LogP contribution in [0.25, 0.3) is 0 Å². The van der Waals surface area contributed by atoms with Gasteiger partial charge in [-0.25, -0.2) is 9.59 Å². The molecule has 4 heterocycles. The molecule has 288 valence electrons. The molecule has 10 nitrogen and oxygen atoms in total. The third-order valence-corrected chi connectivity index (χ3v) is 12.7. The van der Waals surface area contributed by atoms with Gasteiger partial charge < -0.3 is 33.9 Å². The molecule has 0 aromatic heterocycles. The summed E-state index contributed by atoms with van der Waals surface area (Å²) in [6.07, 6.45) is 9.91. The number of carbonyl (C=O) groups excluding carboxylic acids is 2. The summed E-state index contributed by atoms with van der Waals surface area (Å²) in [6.45, 7) is 12.2. The van der Waals surface area contributed by atoms with E-state index in [1.165, 1.54) is 18.2 Å². The normalized spacial score (nSPS) is 40.7. The molecule has 3 saturated heterocycles. The Bertz CT molecular complexity index is 1690. The highest BCUT2D eigenvalue weighted by Crippen LogP contribution is 2.48. The van der Waals surface area contributed by atoms with Crippen LogP contribution in [0.3, 0.4) is 0 Å². The van der Waals surface area contributed by atoms with Crippen molar-refractivity contribution in [3.05, 3.63) is 82.5 Å². The van der Waals surface area contributed by atoms with Crippen molar-refractivity contribution in [1.29, 1.82) is 0 Å². The van der Waals surface area contributed by atoms with Crippen LogP contribution in [0.2, 0.25) is 0 Å². The van der Waals surface area contributed by atoms with Crippen molar-refractivity contribution in [2.75, 3.05) is 6.61 Å². The molecule has 5 aliphatic rings. The summed E-state index contributed by atoms with van der Waals surface area (Å²) in [5, 5.41) is 22.1. The van der Waals surface area contributed by atoms with Crippen molar-refractivity contribution in [2.24, 2.45) is 23.7 Å². The number of carboxylic acid groups (broad SMARTS) is 1. The molecule has 4 aliphatic heterocycles. The molecule has 1 aromatic rings. The zero-order chi connectivity index (χ0) is 38.2. The lowest BCUT2D eigenvalue weighted by atomic mass is 9.70. The molecular formula is C42H53ClO10.